The summed E-state index contributed by atoms with van der Waals surface area (Å²) in [6.07, 6.45) is 6.62. The second kappa shape index (κ2) is 10.2. The zero-order chi connectivity index (χ0) is 27.1. The van der Waals surface area contributed by atoms with Gasteiger partial charge in [-0.1, -0.05) is 25.5 Å². The lowest BCUT2D eigenvalue weighted by Gasteiger charge is -2.33. The lowest BCUT2D eigenvalue weighted by molar-refractivity contribution is 0.331. The maximum atomic E-state index is 6.17. The molecule has 9 heteroatoms. The van der Waals surface area contributed by atoms with Crippen LogP contribution in [0.1, 0.15) is 51.4 Å². The zero-order valence-corrected chi connectivity index (χ0v) is 23.7. The van der Waals surface area contributed by atoms with Gasteiger partial charge in [0.05, 0.1) is 17.1 Å². The van der Waals surface area contributed by atoms with Gasteiger partial charge in [0.1, 0.15) is 30.3 Å². The molecule has 0 spiro atoms. The van der Waals surface area contributed by atoms with Gasteiger partial charge in [-0.05, 0) is 74.4 Å². The number of nitrogens with zero attached hydrogens (tertiary/aromatic N) is 4. The van der Waals surface area contributed by atoms with Crippen molar-refractivity contribution in [2.75, 3.05) is 30.3 Å². The molecule has 8 nitrogen and oxygen atoms in total. The van der Waals surface area contributed by atoms with Crippen LogP contribution in [0.2, 0.25) is 0 Å². The van der Waals surface area contributed by atoms with Gasteiger partial charge in [0.2, 0.25) is 0 Å². The van der Waals surface area contributed by atoms with Gasteiger partial charge in [-0.15, -0.1) is 0 Å². The Morgan fingerprint density at radius 2 is 1.97 bits per heavy atom. The molecular formula is C29H37N7OS. The SMILES string of the molecule is CC1=Cc2ncnc(N3CCOc4ccc(-c5cnc(N)c(SNCC(C)(C)N)c5)cc4C3)c2CC1(C)C. The number of hydrogen-bond acceptors (Lipinski definition) is 9. The Morgan fingerprint density at radius 1 is 1.16 bits per heavy atom. The maximum Gasteiger partial charge on any atom is 0.138 e. The number of aromatic nitrogens is 3. The van der Waals surface area contributed by atoms with Gasteiger partial charge in [0.25, 0.3) is 0 Å². The monoisotopic (exact) mass is 531 g/mol. The Bertz CT molecular complexity index is 1380. The Kier molecular flexibility index (Phi) is 7.11. The van der Waals surface area contributed by atoms with Gasteiger partial charge >= 0.3 is 0 Å². The van der Waals surface area contributed by atoms with Crippen LogP contribution in [0.3, 0.4) is 0 Å². The molecule has 5 N–H and O–H groups in total. The van der Waals surface area contributed by atoms with Gasteiger partial charge in [0, 0.05) is 41.5 Å². The van der Waals surface area contributed by atoms with Crippen LogP contribution in [0, 0.1) is 5.41 Å². The summed E-state index contributed by atoms with van der Waals surface area (Å²) in [5.41, 5.74) is 18.8. The van der Waals surface area contributed by atoms with Gasteiger partial charge in [0.15, 0.2) is 0 Å². The van der Waals surface area contributed by atoms with Crippen LogP contribution >= 0.6 is 11.9 Å². The van der Waals surface area contributed by atoms with E-state index in [4.69, 9.17) is 21.2 Å². The molecule has 2 aliphatic rings. The molecule has 200 valence electrons. The van der Waals surface area contributed by atoms with Crippen molar-refractivity contribution in [2.24, 2.45) is 11.1 Å². The number of fused-ring (bicyclic) bond motifs is 2. The predicted octanol–water partition coefficient (Wildman–Crippen LogP) is 4.84. The summed E-state index contributed by atoms with van der Waals surface area (Å²) in [7, 11) is 0. The number of nitrogen functional groups attached to an aromatic ring is 1. The van der Waals surface area contributed by atoms with Crippen LogP contribution in [-0.2, 0) is 13.0 Å². The van der Waals surface area contributed by atoms with E-state index in [0.717, 1.165) is 51.8 Å². The third-order valence-electron chi connectivity index (χ3n) is 7.26. The number of anilines is 2. The Morgan fingerprint density at radius 3 is 2.76 bits per heavy atom. The molecule has 3 aromatic rings. The topological polar surface area (TPSA) is 115 Å². The van der Waals surface area contributed by atoms with Crippen LogP contribution in [0.15, 0.2) is 47.3 Å². The Balaban J connectivity index is 1.43. The first-order valence-corrected chi connectivity index (χ1v) is 13.8. The van der Waals surface area contributed by atoms with Crippen molar-refractivity contribution >= 4 is 29.7 Å². The molecule has 0 amide bonds. The minimum absolute atomic E-state index is 0.0759. The minimum atomic E-state index is -0.316. The van der Waals surface area contributed by atoms with Gasteiger partial charge in [-0.2, -0.15) is 0 Å². The van der Waals surface area contributed by atoms with Crippen molar-refractivity contribution in [1.29, 1.82) is 0 Å². The Labute approximate surface area is 229 Å². The van der Waals surface area contributed by atoms with Crippen LogP contribution in [0.25, 0.3) is 17.2 Å². The molecule has 0 radical (unpaired) electrons. The maximum absolute atomic E-state index is 6.17. The predicted molar refractivity (Wildman–Crippen MR) is 156 cm³/mol. The highest BCUT2D eigenvalue weighted by Gasteiger charge is 2.31. The molecule has 0 bridgehead atoms. The van der Waals surface area contributed by atoms with Gasteiger partial charge < -0.3 is 21.1 Å². The van der Waals surface area contributed by atoms with E-state index in [1.165, 1.54) is 23.1 Å². The molecule has 0 fully saturated rings. The number of pyridine rings is 1. The highest BCUT2D eigenvalue weighted by atomic mass is 32.2. The smallest absolute Gasteiger partial charge is 0.138 e. The molecule has 0 saturated carbocycles. The fraction of sp³-hybridized carbons (Fsp3) is 0.414. The first kappa shape index (κ1) is 26.5. The van der Waals surface area contributed by atoms with Crippen LogP contribution < -0.4 is 25.8 Å². The second-order valence-corrected chi connectivity index (χ2v) is 12.5. The molecule has 0 atom stereocenters. The number of rotatable bonds is 6. The van der Waals surface area contributed by atoms with Gasteiger partial charge in [-0.3, -0.25) is 4.72 Å². The second-order valence-electron chi connectivity index (χ2n) is 11.6. The van der Waals surface area contributed by atoms with E-state index in [1.807, 2.05) is 20.0 Å². The van der Waals surface area contributed by atoms with E-state index in [0.29, 0.717) is 25.5 Å². The number of ether oxygens (including phenoxy) is 1. The average Bonchev–Trinajstić information content (AvgIpc) is 3.06. The lowest BCUT2D eigenvalue weighted by Crippen LogP contribution is -2.41. The molecule has 0 saturated heterocycles. The number of hydrogen-bond donors (Lipinski definition) is 3. The summed E-state index contributed by atoms with van der Waals surface area (Å²) in [6, 6.07) is 8.39. The average molecular weight is 532 g/mol. The number of benzene rings is 1. The first-order chi connectivity index (χ1) is 18.0. The van der Waals surface area contributed by atoms with Gasteiger partial charge in [-0.25, -0.2) is 15.0 Å². The molecule has 0 unspecified atom stereocenters. The van der Waals surface area contributed by atoms with Crippen LogP contribution in [0.4, 0.5) is 11.6 Å². The quantitative estimate of drug-likeness (QED) is 0.384. The van der Waals surface area contributed by atoms with Crippen molar-refractivity contribution in [3.8, 4) is 16.9 Å². The fourth-order valence-corrected chi connectivity index (χ4v) is 5.66. The summed E-state index contributed by atoms with van der Waals surface area (Å²) >= 11 is 1.46. The number of nitrogens with one attached hydrogen (secondary N) is 1. The van der Waals surface area contributed by atoms with Crippen molar-refractivity contribution in [3.05, 3.63) is 59.2 Å². The summed E-state index contributed by atoms with van der Waals surface area (Å²) in [5.74, 6) is 2.39. The van der Waals surface area contributed by atoms with E-state index < -0.39 is 0 Å². The molecular weight excluding hydrogens is 494 g/mol. The molecule has 5 rings (SSSR count). The molecule has 1 aliphatic carbocycles. The standard InChI is InChI=1S/C29H37N7OS/c1-18-10-23-22(13-28(18,2)3)27(34-17-33-23)36-8-9-37-24-7-6-19(11-21(24)15-36)20-12-25(26(30)32-14-20)38-35-16-29(4,5)31/h6-7,10-12,14,17,35H,8-9,13,15-16,31H2,1-5H3,(H2,30,32). The lowest BCUT2D eigenvalue weighted by atomic mass is 9.75. The van der Waals surface area contributed by atoms with E-state index in [-0.39, 0.29) is 11.0 Å². The molecule has 2 aromatic heterocycles. The van der Waals surface area contributed by atoms with Crippen LogP contribution in [0.5, 0.6) is 5.75 Å². The van der Waals surface area contributed by atoms with E-state index in [2.05, 4.69) is 70.7 Å². The largest absolute Gasteiger partial charge is 0.491 e. The highest BCUT2D eigenvalue weighted by molar-refractivity contribution is 7.97. The summed E-state index contributed by atoms with van der Waals surface area (Å²) in [6.45, 7) is 13.4. The zero-order valence-electron chi connectivity index (χ0n) is 22.8. The third kappa shape index (κ3) is 5.65. The summed E-state index contributed by atoms with van der Waals surface area (Å²) < 4.78 is 9.47. The molecule has 3 heterocycles. The van der Waals surface area contributed by atoms with Crippen LogP contribution in [-0.4, -0.2) is 40.2 Å². The molecule has 38 heavy (non-hydrogen) atoms. The molecule has 1 aliphatic heterocycles. The summed E-state index contributed by atoms with van der Waals surface area (Å²) in [4.78, 5) is 17.0. The third-order valence-corrected chi connectivity index (χ3v) is 8.10. The first-order valence-electron chi connectivity index (χ1n) is 13.0. The fourth-order valence-electron chi connectivity index (χ4n) is 4.71. The Hall–Kier alpha value is -3.14. The minimum Gasteiger partial charge on any atom is -0.491 e. The summed E-state index contributed by atoms with van der Waals surface area (Å²) in [5, 5.41) is 0. The van der Waals surface area contributed by atoms with E-state index in [1.54, 1.807) is 6.33 Å². The number of allylic oxidation sites excluding steroid dienone is 1. The highest BCUT2D eigenvalue weighted by Crippen LogP contribution is 2.41. The number of nitrogens with two attached hydrogens (primary N) is 2. The van der Waals surface area contributed by atoms with Crippen molar-refractivity contribution in [2.45, 2.75) is 58.0 Å². The van der Waals surface area contributed by atoms with E-state index in [9.17, 15) is 0 Å². The van der Waals surface area contributed by atoms with Crippen molar-refractivity contribution < 1.29 is 4.74 Å². The normalized spacial score (nSPS) is 16.7. The van der Waals surface area contributed by atoms with Crippen molar-refractivity contribution in [1.82, 2.24) is 19.7 Å². The van der Waals surface area contributed by atoms with Crippen molar-refractivity contribution in [3.63, 3.8) is 0 Å². The molecule has 1 aromatic carbocycles. The van der Waals surface area contributed by atoms with E-state index >= 15 is 0 Å².